The van der Waals surface area contributed by atoms with E-state index >= 15 is 0 Å². The van der Waals surface area contributed by atoms with Crippen molar-refractivity contribution >= 4 is 75.3 Å². The van der Waals surface area contributed by atoms with Crippen molar-refractivity contribution in [1.29, 1.82) is 0 Å². The molecule has 2 heterocycles. The number of halogens is 3. The molecule has 3 aromatic carbocycles. The Kier molecular flexibility index (Phi) is 8.80. The molecule has 4 amide bonds. The fraction of sp³-hybridized carbons (Fsp3) is 0.333. The summed E-state index contributed by atoms with van der Waals surface area (Å²) in [5.74, 6) is -9.62. The summed E-state index contributed by atoms with van der Waals surface area (Å²) in [6.45, 7) is 0. The van der Waals surface area contributed by atoms with Gasteiger partial charge in [-0.2, -0.15) is 0 Å². The number of alkyl halides is 2. The zero-order valence-electron chi connectivity index (χ0n) is 29.3. The highest BCUT2D eigenvalue weighted by Gasteiger charge is 2.77. The minimum Gasteiger partial charge on any atom is -0.508 e. The average Bonchev–Trinajstić information content (AvgIpc) is 3.48. The number of carbonyl (C=O) groups excluding carboxylic acids is 4. The second kappa shape index (κ2) is 12.9. The number of allylic oxidation sites excluding steroid dienone is 2. The smallest absolute Gasteiger partial charge is 0.301 e. The number of rotatable bonds is 8. The fourth-order valence-electron chi connectivity index (χ4n) is 8.64. The van der Waals surface area contributed by atoms with Gasteiger partial charge in [-0.25, -0.2) is 14.2 Å². The van der Waals surface area contributed by atoms with Crippen LogP contribution in [0, 0.1) is 43.8 Å². The first-order chi connectivity index (χ1) is 25.9. The lowest BCUT2D eigenvalue weighted by atomic mass is 9.56. The number of ether oxygens (including phenoxy) is 2. The maximum absolute atomic E-state index is 14.7. The summed E-state index contributed by atoms with van der Waals surface area (Å²) in [4.78, 5) is 78.5. The highest BCUT2D eigenvalue weighted by Crippen LogP contribution is 2.67. The predicted molar refractivity (Wildman–Crippen MR) is 194 cm³/mol. The number of hydrogen-bond acceptors (Lipinski definition) is 12. The van der Waals surface area contributed by atoms with E-state index in [1.165, 1.54) is 57.5 Å². The number of phenolic OH excluding ortho intramolecular Hbond substituents is 1. The van der Waals surface area contributed by atoms with E-state index in [1.54, 1.807) is 6.08 Å². The van der Waals surface area contributed by atoms with Gasteiger partial charge in [-0.05, 0) is 43.0 Å². The van der Waals surface area contributed by atoms with Crippen LogP contribution in [0.15, 0.2) is 60.2 Å². The van der Waals surface area contributed by atoms with Crippen LogP contribution in [0.1, 0.15) is 24.3 Å². The van der Waals surface area contributed by atoms with E-state index in [0.717, 1.165) is 29.2 Å². The van der Waals surface area contributed by atoms with Gasteiger partial charge in [0.05, 0.1) is 47.3 Å². The first kappa shape index (κ1) is 37.5. The average molecular weight is 799 g/mol. The van der Waals surface area contributed by atoms with Crippen LogP contribution in [-0.2, 0) is 19.2 Å². The third kappa shape index (κ3) is 5.16. The van der Waals surface area contributed by atoms with Gasteiger partial charge in [-0.1, -0.05) is 11.6 Å². The molecule has 55 heavy (non-hydrogen) atoms. The number of anilines is 3. The summed E-state index contributed by atoms with van der Waals surface area (Å²) < 4.78 is 25.3. The summed E-state index contributed by atoms with van der Waals surface area (Å²) in [6, 6.07) is 8.73. The van der Waals surface area contributed by atoms with Gasteiger partial charge in [-0.15, -0.1) is 23.2 Å². The Hall–Kier alpha value is -5.81. The number of nitrogens with zero attached hydrogens (tertiary/aromatic N) is 5. The molecule has 19 heteroatoms. The molecule has 2 saturated heterocycles. The number of imide groups is 2. The molecule has 6 atom stereocenters. The van der Waals surface area contributed by atoms with Crippen molar-refractivity contribution in [3.63, 3.8) is 0 Å². The van der Waals surface area contributed by atoms with E-state index in [2.05, 4.69) is 0 Å². The Morgan fingerprint density at radius 1 is 0.855 bits per heavy atom. The van der Waals surface area contributed by atoms with Crippen LogP contribution >= 0.6 is 23.2 Å². The van der Waals surface area contributed by atoms with Crippen molar-refractivity contribution in [3.05, 3.63) is 91.8 Å². The molecule has 2 aliphatic carbocycles. The van der Waals surface area contributed by atoms with Crippen molar-refractivity contribution in [1.82, 2.24) is 0 Å². The minimum atomic E-state index is -2.37. The zero-order chi connectivity index (χ0) is 40.0. The van der Waals surface area contributed by atoms with E-state index in [-0.39, 0.29) is 40.6 Å². The Labute approximate surface area is 320 Å². The number of amides is 4. The number of benzene rings is 3. The molecule has 3 fully saturated rings. The van der Waals surface area contributed by atoms with Gasteiger partial charge in [-0.3, -0.25) is 39.4 Å². The summed E-state index contributed by atoms with van der Waals surface area (Å²) in [5, 5.41) is 34.8. The molecule has 2 aliphatic heterocycles. The Morgan fingerprint density at radius 3 is 1.93 bits per heavy atom. The van der Waals surface area contributed by atoms with Crippen molar-refractivity contribution < 1.29 is 48.0 Å². The lowest BCUT2D eigenvalue weighted by Gasteiger charge is -2.51. The van der Waals surface area contributed by atoms with Gasteiger partial charge in [0.15, 0.2) is 15.4 Å². The predicted octanol–water partition coefficient (Wildman–Crippen LogP) is 5.20. The summed E-state index contributed by atoms with van der Waals surface area (Å²) >= 11 is 14.9. The molecule has 1 saturated carbocycles. The molecule has 4 aliphatic rings. The third-order valence-corrected chi connectivity index (χ3v) is 12.3. The lowest BCUT2D eigenvalue weighted by molar-refractivity contribution is -0.392. The second-order valence-electron chi connectivity index (χ2n) is 13.8. The van der Waals surface area contributed by atoms with Crippen LogP contribution in [0.2, 0.25) is 0 Å². The van der Waals surface area contributed by atoms with E-state index < -0.39 is 96.2 Å². The van der Waals surface area contributed by atoms with Gasteiger partial charge >= 0.3 is 11.4 Å². The topological polar surface area (TPSA) is 203 Å². The summed E-state index contributed by atoms with van der Waals surface area (Å²) in [7, 11) is 5.29. The van der Waals surface area contributed by atoms with Gasteiger partial charge in [0.1, 0.15) is 23.1 Å². The zero-order valence-corrected chi connectivity index (χ0v) is 30.8. The number of carbonyl (C=O) groups is 4. The number of nitro benzene ring substituents is 2. The molecule has 286 valence electrons. The fourth-order valence-corrected chi connectivity index (χ4v) is 9.55. The third-order valence-electron chi connectivity index (χ3n) is 10.9. The minimum absolute atomic E-state index is 0.0268. The number of fused-ring (bicyclic) bond motifs is 4. The monoisotopic (exact) mass is 797 g/mol. The maximum atomic E-state index is 14.7. The molecule has 0 aromatic heterocycles. The Bertz CT molecular complexity index is 2230. The molecular formula is C36H30Cl2FN5O11. The van der Waals surface area contributed by atoms with Crippen LogP contribution in [0.4, 0.5) is 32.8 Å². The van der Waals surface area contributed by atoms with E-state index in [9.17, 15) is 48.9 Å². The standard InChI is InChI=1S/C36H30Cl2FN5O11/c1-40(2)30-23(43(50)51)11-18(12-24(30)44(52)53)41-31(46)21-10-9-20-22(27(21)32(41)47)15-35(37)33(48)42(17-7-5-16(39)6-8-17)34(49)36(35,38)29(20)28-25(54-3)13-19(45)14-26(28)55-4/h5-9,11-14,21-22,27,29,45H,10,15H2,1-4H3. The highest BCUT2D eigenvalue weighted by molar-refractivity contribution is 6.58. The number of nitro groups is 2. The molecule has 3 aromatic rings. The van der Waals surface area contributed by atoms with Crippen LogP contribution in [0.25, 0.3) is 0 Å². The normalized spacial score (nSPS) is 27.0. The molecule has 7 rings (SSSR count). The maximum Gasteiger partial charge on any atom is 0.301 e. The molecule has 6 unspecified atom stereocenters. The van der Waals surface area contributed by atoms with E-state index in [4.69, 9.17) is 32.7 Å². The first-order valence-electron chi connectivity index (χ1n) is 16.6. The SMILES string of the molecule is COc1cc(O)cc(OC)c1C1C2=CCC3C(=O)N(c4cc([N+](=O)[O-])c(N(C)C)c([N+](=O)[O-])c4)C(=O)C3C2CC2(Cl)C(=O)N(c3ccc(F)cc3)C(=O)C12Cl. The van der Waals surface area contributed by atoms with Crippen molar-refractivity contribution in [2.24, 2.45) is 17.8 Å². The summed E-state index contributed by atoms with van der Waals surface area (Å²) in [5.41, 5.74) is -1.88. The number of aromatic hydroxyl groups is 1. The number of hydrogen-bond donors (Lipinski definition) is 1. The largest absolute Gasteiger partial charge is 0.508 e. The number of methoxy groups -OCH3 is 2. The molecule has 0 bridgehead atoms. The molecular weight excluding hydrogens is 768 g/mol. The number of phenols is 1. The van der Waals surface area contributed by atoms with Gasteiger partial charge < -0.3 is 19.5 Å². The lowest BCUT2D eigenvalue weighted by Crippen LogP contribution is -2.60. The van der Waals surface area contributed by atoms with Gasteiger partial charge in [0.2, 0.25) is 11.8 Å². The van der Waals surface area contributed by atoms with E-state index in [1.807, 2.05) is 0 Å². The Balaban J connectivity index is 1.43. The summed E-state index contributed by atoms with van der Waals surface area (Å²) in [6.07, 6.45) is 1.01. The van der Waals surface area contributed by atoms with Crippen LogP contribution in [-0.4, -0.2) is 76.6 Å². The molecule has 1 N–H and O–H groups in total. The molecule has 0 radical (unpaired) electrons. The van der Waals surface area contributed by atoms with Crippen LogP contribution in [0.3, 0.4) is 0 Å². The Morgan fingerprint density at radius 2 is 1.42 bits per heavy atom. The quantitative estimate of drug-likeness (QED) is 0.103. The van der Waals surface area contributed by atoms with Crippen LogP contribution < -0.4 is 24.2 Å². The van der Waals surface area contributed by atoms with Crippen molar-refractivity contribution in [3.8, 4) is 17.2 Å². The first-order valence-corrected chi connectivity index (χ1v) is 17.4. The van der Waals surface area contributed by atoms with Crippen LogP contribution in [0.5, 0.6) is 17.2 Å². The van der Waals surface area contributed by atoms with Gasteiger partial charge in [0.25, 0.3) is 11.8 Å². The van der Waals surface area contributed by atoms with Gasteiger partial charge in [0, 0.05) is 49.8 Å². The van der Waals surface area contributed by atoms with Crippen molar-refractivity contribution in [2.45, 2.75) is 28.5 Å². The second-order valence-corrected chi connectivity index (χ2v) is 15.0. The van der Waals surface area contributed by atoms with Crippen molar-refractivity contribution in [2.75, 3.05) is 43.0 Å². The van der Waals surface area contributed by atoms with E-state index in [0.29, 0.717) is 10.5 Å². The molecule has 16 nitrogen and oxygen atoms in total. The highest BCUT2D eigenvalue weighted by atomic mass is 35.5. The molecule has 0 spiro atoms.